The summed E-state index contributed by atoms with van der Waals surface area (Å²) in [7, 11) is 1.40. The molecule has 0 atom stereocenters. The average Bonchev–Trinajstić information content (AvgIpc) is 3.16. The van der Waals surface area contributed by atoms with E-state index in [1.165, 1.54) is 30.6 Å². The van der Waals surface area contributed by atoms with Crippen molar-refractivity contribution >= 4 is 11.3 Å². The SMILES string of the molecule is COc1cc(-c2noc(-c3csc(CN)n3)n2)ccc1F. The molecule has 6 nitrogen and oxygen atoms in total. The summed E-state index contributed by atoms with van der Waals surface area (Å²) in [6.07, 6.45) is 0. The van der Waals surface area contributed by atoms with Crippen LogP contribution in [0.1, 0.15) is 5.01 Å². The molecule has 0 radical (unpaired) electrons. The second-order valence-corrected chi connectivity index (χ2v) is 5.05. The molecule has 3 rings (SSSR count). The van der Waals surface area contributed by atoms with Gasteiger partial charge >= 0.3 is 0 Å². The van der Waals surface area contributed by atoms with Gasteiger partial charge in [0.1, 0.15) is 10.7 Å². The number of hydrogen-bond acceptors (Lipinski definition) is 7. The van der Waals surface area contributed by atoms with Crippen LogP contribution < -0.4 is 10.5 Å². The van der Waals surface area contributed by atoms with E-state index in [1.807, 2.05) is 0 Å². The maximum Gasteiger partial charge on any atom is 0.277 e. The molecule has 0 saturated heterocycles. The summed E-state index contributed by atoms with van der Waals surface area (Å²) in [6, 6.07) is 4.36. The Kier molecular flexibility index (Phi) is 3.63. The minimum Gasteiger partial charge on any atom is -0.494 e. The lowest BCUT2D eigenvalue weighted by Gasteiger charge is -2.02. The number of rotatable bonds is 4. The molecule has 2 heterocycles. The second-order valence-electron chi connectivity index (χ2n) is 4.10. The Morgan fingerprint density at radius 1 is 1.38 bits per heavy atom. The number of nitrogens with two attached hydrogens (primary N) is 1. The first-order chi connectivity index (χ1) is 10.2. The van der Waals surface area contributed by atoms with Crippen LogP contribution in [0.3, 0.4) is 0 Å². The Morgan fingerprint density at radius 2 is 2.24 bits per heavy atom. The van der Waals surface area contributed by atoms with Crippen molar-refractivity contribution in [2.24, 2.45) is 5.73 Å². The van der Waals surface area contributed by atoms with E-state index < -0.39 is 5.82 Å². The van der Waals surface area contributed by atoms with Gasteiger partial charge in [0.2, 0.25) is 5.82 Å². The molecule has 3 aromatic rings. The molecule has 0 aliphatic carbocycles. The minimum atomic E-state index is -0.447. The van der Waals surface area contributed by atoms with Crippen LogP contribution in [0.5, 0.6) is 5.75 Å². The predicted molar refractivity (Wildman–Crippen MR) is 75.2 cm³/mol. The third-order valence-electron chi connectivity index (χ3n) is 2.78. The van der Waals surface area contributed by atoms with Crippen LogP contribution in [-0.4, -0.2) is 22.2 Å². The van der Waals surface area contributed by atoms with Gasteiger partial charge in [0.15, 0.2) is 11.6 Å². The number of nitrogens with zero attached hydrogens (tertiary/aromatic N) is 3. The molecule has 0 amide bonds. The highest BCUT2D eigenvalue weighted by atomic mass is 32.1. The molecular formula is C13H11FN4O2S. The Hall–Kier alpha value is -2.32. The van der Waals surface area contributed by atoms with Gasteiger partial charge in [-0.1, -0.05) is 5.16 Å². The molecule has 0 fully saturated rings. The van der Waals surface area contributed by atoms with Gasteiger partial charge in [-0.05, 0) is 18.2 Å². The lowest BCUT2D eigenvalue weighted by Crippen LogP contribution is -1.94. The first kappa shape index (κ1) is 13.7. The maximum atomic E-state index is 13.4. The first-order valence-corrected chi connectivity index (χ1v) is 6.91. The third-order valence-corrected chi connectivity index (χ3v) is 3.65. The molecule has 2 aromatic heterocycles. The smallest absolute Gasteiger partial charge is 0.277 e. The van der Waals surface area contributed by atoms with Gasteiger partial charge in [-0.3, -0.25) is 0 Å². The van der Waals surface area contributed by atoms with Crippen LogP contribution in [0.15, 0.2) is 28.1 Å². The zero-order chi connectivity index (χ0) is 14.8. The fourth-order valence-corrected chi connectivity index (χ4v) is 2.39. The molecule has 21 heavy (non-hydrogen) atoms. The van der Waals surface area contributed by atoms with Crippen molar-refractivity contribution in [1.29, 1.82) is 0 Å². The van der Waals surface area contributed by atoms with Crippen LogP contribution >= 0.6 is 11.3 Å². The van der Waals surface area contributed by atoms with E-state index in [4.69, 9.17) is 15.0 Å². The molecule has 108 valence electrons. The topological polar surface area (TPSA) is 87.1 Å². The fourth-order valence-electron chi connectivity index (χ4n) is 1.75. The van der Waals surface area contributed by atoms with Crippen molar-refractivity contribution in [2.45, 2.75) is 6.54 Å². The monoisotopic (exact) mass is 306 g/mol. The highest BCUT2D eigenvalue weighted by Gasteiger charge is 2.15. The molecule has 0 aliphatic heterocycles. The summed E-state index contributed by atoms with van der Waals surface area (Å²) in [5, 5.41) is 6.45. The van der Waals surface area contributed by atoms with Crippen LogP contribution in [-0.2, 0) is 6.54 Å². The van der Waals surface area contributed by atoms with Crippen molar-refractivity contribution in [1.82, 2.24) is 15.1 Å². The van der Waals surface area contributed by atoms with Crippen molar-refractivity contribution in [3.8, 4) is 28.7 Å². The molecule has 0 spiro atoms. The van der Waals surface area contributed by atoms with Gasteiger partial charge in [0, 0.05) is 17.5 Å². The Balaban J connectivity index is 1.94. The number of hydrogen-bond donors (Lipinski definition) is 1. The molecule has 0 bridgehead atoms. The van der Waals surface area contributed by atoms with Crippen LogP contribution in [0.25, 0.3) is 23.0 Å². The standard InChI is InChI=1S/C13H11FN4O2S/c1-19-10-4-7(2-3-8(10)14)12-17-13(20-18-12)9-6-21-11(5-15)16-9/h2-4,6H,5,15H2,1H3. The summed E-state index contributed by atoms with van der Waals surface area (Å²) < 4.78 is 23.5. The van der Waals surface area contributed by atoms with Crippen LogP contribution in [0.4, 0.5) is 4.39 Å². The van der Waals surface area contributed by atoms with Gasteiger partial charge in [-0.15, -0.1) is 11.3 Å². The van der Waals surface area contributed by atoms with Gasteiger partial charge < -0.3 is 15.0 Å². The molecule has 8 heteroatoms. The molecular weight excluding hydrogens is 295 g/mol. The van der Waals surface area contributed by atoms with E-state index in [0.29, 0.717) is 29.5 Å². The van der Waals surface area contributed by atoms with Gasteiger partial charge in [0.25, 0.3) is 5.89 Å². The molecule has 2 N–H and O–H groups in total. The number of halogens is 1. The summed E-state index contributed by atoms with van der Waals surface area (Å²) in [5.74, 6) is 0.310. The van der Waals surface area contributed by atoms with E-state index >= 15 is 0 Å². The second kappa shape index (κ2) is 5.58. The number of aromatic nitrogens is 3. The van der Waals surface area contributed by atoms with Gasteiger partial charge in [-0.25, -0.2) is 9.37 Å². The average molecular weight is 306 g/mol. The van der Waals surface area contributed by atoms with Crippen molar-refractivity contribution in [2.75, 3.05) is 7.11 Å². The molecule has 0 saturated carbocycles. The number of thiazole rings is 1. The van der Waals surface area contributed by atoms with Crippen molar-refractivity contribution in [3.63, 3.8) is 0 Å². The summed E-state index contributed by atoms with van der Waals surface area (Å²) in [4.78, 5) is 8.52. The highest BCUT2D eigenvalue weighted by Crippen LogP contribution is 2.27. The molecule has 0 aliphatic rings. The van der Waals surface area contributed by atoms with E-state index in [2.05, 4.69) is 15.1 Å². The summed E-state index contributed by atoms with van der Waals surface area (Å²) in [5.41, 5.74) is 6.69. The minimum absolute atomic E-state index is 0.123. The Morgan fingerprint density at radius 3 is 2.95 bits per heavy atom. The predicted octanol–water partition coefficient (Wildman–Crippen LogP) is 2.47. The van der Waals surface area contributed by atoms with Crippen molar-refractivity contribution in [3.05, 3.63) is 34.4 Å². The Bertz CT molecular complexity index is 771. The fraction of sp³-hybridized carbons (Fsp3) is 0.154. The highest BCUT2D eigenvalue weighted by molar-refractivity contribution is 7.09. The first-order valence-electron chi connectivity index (χ1n) is 6.03. The van der Waals surface area contributed by atoms with E-state index in [1.54, 1.807) is 11.4 Å². The number of benzene rings is 1. The van der Waals surface area contributed by atoms with Crippen LogP contribution in [0, 0.1) is 5.82 Å². The maximum absolute atomic E-state index is 13.4. The zero-order valence-corrected chi connectivity index (χ0v) is 11.9. The zero-order valence-electron chi connectivity index (χ0n) is 11.0. The van der Waals surface area contributed by atoms with E-state index in [-0.39, 0.29) is 5.75 Å². The lowest BCUT2D eigenvalue weighted by atomic mass is 10.2. The number of methoxy groups -OCH3 is 1. The Labute approximate surface area is 123 Å². The van der Waals surface area contributed by atoms with Crippen molar-refractivity contribution < 1.29 is 13.7 Å². The summed E-state index contributed by atoms with van der Waals surface area (Å²) in [6.45, 7) is 0.362. The third kappa shape index (κ3) is 2.63. The quantitative estimate of drug-likeness (QED) is 0.796. The van der Waals surface area contributed by atoms with E-state index in [9.17, 15) is 4.39 Å². The molecule has 1 aromatic carbocycles. The van der Waals surface area contributed by atoms with Crippen LogP contribution in [0.2, 0.25) is 0 Å². The number of ether oxygens (including phenoxy) is 1. The molecule has 0 unspecified atom stereocenters. The van der Waals surface area contributed by atoms with Gasteiger partial charge in [0.05, 0.1) is 7.11 Å². The van der Waals surface area contributed by atoms with Gasteiger partial charge in [-0.2, -0.15) is 4.98 Å². The largest absolute Gasteiger partial charge is 0.494 e. The lowest BCUT2D eigenvalue weighted by molar-refractivity contribution is 0.386. The van der Waals surface area contributed by atoms with E-state index in [0.717, 1.165) is 5.01 Å². The summed E-state index contributed by atoms with van der Waals surface area (Å²) >= 11 is 1.42. The normalized spacial score (nSPS) is 10.8.